The largest absolute Gasteiger partial charge is 0.282 e. The maximum atomic E-state index is 11.0. The van der Waals surface area contributed by atoms with E-state index < -0.39 is 0 Å². The quantitative estimate of drug-likeness (QED) is 0.473. The van der Waals surface area contributed by atoms with Crippen molar-refractivity contribution in [1.82, 2.24) is 0 Å². The Bertz CT molecular complexity index is 480. The number of nitro benzene ring substituents is 1. The Morgan fingerprint density at radius 1 is 1.28 bits per heavy atom. The van der Waals surface area contributed by atoms with Crippen molar-refractivity contribution < 1.29 is 4.92 Å². The molecule has 0 N–H and O–H groups in total. The zero-order valence-corrected chi connectivity index (χ0v) is 12.2. The second-order valence-corrected chi connectivity index (χ2v) is 7.36. The number of thioether (sulfide) groups is 1. The van der Waals surface area contributed by atoms with Gasteiger partial charge in [0.2, 0.25) is 0 Å². The molecule has 3 rings (SSSR count). The summed E-state index contributed by atoms with van der Waals surface area (Å²) in [5.74, 6) is 1.50. The molecule has 1 aromatic carbocycles. The van der Waals surface area contributed by atoms with Gasteiger partial charge in [0.1, 0.15) is 0 Å². The third-order valence-electron chi connectivity index (χ3n) is 4.07. The van der Waals surface area contributed by atoms with E-state index in [0.717, 1.165) is 16.7 Å². The summed E-state index contributed by atoms with van der Waals surface area (Å²) in [7, 11) is 0. The lowest BCUT2D eigenvalue weighted by Gasteiger charge is -2.26. The molecule has 0 amide bonds. The first kappa shape index (κ1) is 12.5. The number of hydrogen-bond donors (Lipinski definition) is 0. The van der Waals surface area contributed by atoms with Crippen LogP contribution in [0.5, 0.6) is 0 Å². The third-order valence-corrected chi connectivity index (χ3v) is 7.28. The molecule has 2 saturated carbocycles. The van der Waals surface area contributed by atoms with E-state index in [1.807, 2.05) is 12.1 Å². The van der Waals surface area contributed by atoms with Crippen molar-refractivity contribution >= 4 is 33.4 Å². The van der Waals surface area contributed by atoms with Crippen LogP contribution in [-0.2, 0) is 0 Å². The van der Waals surface area contributed by atoms with E-state index in [0.29, 0.717) is 10.1 Å². The van der Waals surface area contributed by atoms with Gasteiger partial charge >= 0.3 is 0 Å². The Hall–Kier alpha value is -0.550. The molecule has 0 unspecified atom stereocenters. The predicted molar refractivity (Wildman–Crippen MR) is 76.3 cm³/mol. The Labute approximate surface area is 119 Å². The van der Waals surface area contributed by atoms with E-state index in [9.17, 15) is 10.1 Å². The van der Waals surface area contributed by atoms with Crippen molar-refractivity contribution in [3.8, 4) is 0 Å². The van der Waals surface area contributed by atoms with Gasteiger partial charge in [-0.2, -0.15) is 0 Å². The number of rotatable bonds is 3. The summed E-state index contributed by atoms with van der Waals surface area (Å²) in [6.07, 6.45) is 3.88. The molecule has 2 bridgehead atoms. The van der Waals surface area contributed by atoms with Gasteiger partial charge in [0.25, 0.3) is 5.69 Å². The minimum atomic E-state index is -0.279. The Morgan fingerprint density at radius 3 is 2.67 bits per heavy atom. The number of halogens is 1. The molecule has 2 aliphatic rings. The molecule has 3 nitrogen and oxygen atoms in total. The van der Waals surface area contributed by atoms with Crippen LogP contribution in [0, 0.1) is 22.0 Å². The molecule has 5 heteroatoms. The number of para-hydroxylation sites is 1. The maximum absolute atomic E-state index is 11.0. The minimum absolute atomic E-state index is 0.241. The minimum Gasteiger partial charge on any atom is -0.258 e. The molecule has 0 aromatic heterocycles. The molecular formula is C13H14BrNO2S. The average Bonchev–Trinajstić information content (AvgIpc) is 2.93. The van der Waals surface area contributed by atoms with Crippen LogP contribution in [0.4, 0.5) is 5.69 Å². The van der Waals surface area contributed by atoms with Gasteiger partial charge in [-0.25, -0.2) is 0 Å². The summed E-state index contributed by atoms with van der Waals surface area (Å²) in [6.45, 7) is 0. The van der Waals surface area contributed by atoms with Crippen LogP contribution >= 0.6 is 27.7 Å². The molecule has 2 fully saturated rings. The molecule has 18 heavy (non-hydrogen) atoms. The summed E-state index contributed by atoms with van der Waals surface area (Å²) in [6, 6.07) is 7.08. The maximum Gasteiger partial charge on any atom is 0.282 e. The molecule has 2 aliphatic carbocycles. The fraction of sp³-hybridized carbons (Fsp3) is 0.538. The van der Waals surface area contributed by atoms with E-state index >= 15 is 0 Å². The predicted octanol–water partition coefficient (Wildman–Crippen LogP) is 4.25. The molecular weight excluding hydrogens is 314 g/mol. The number of fused-ring (bicyclic) bond motifs is 2. The molecule has 0 heterocycles. The van der Waals surface area contributed by atoms with Gasteiger partial charge in [0.15, 0.2) is 0 Å². The van der Waals surface area contributed by atoms with Crippen molar-refractivity contribution in [3.05, 3.63) is 34.4 Å². The Balaban J connectivity index is 1.83. The summed E-state index contributed by atoms with van der Waals surface area (Å²) in [4.78, 5) is 12.1. The van der Waals surface area contributed by atoms with Gasteiger partial charge in [-0.15, -0.1) is 11.8 Å². The van der Waals surface area contributed by atoms with Crippen molar-refractivity contribution in [2.45, 2.75) is 34.2 Å². The molecule has 0 radical (unpaired) electrons. The molecule has 96 valence electrons. The number of nitro groups is 1. The van der Waals surface area contributed by atoms with Gasteiger partial charge < -0.3 is 0 Å². The van der Waals surface area contributed by atoms with Crippen molar-refractivity contribution in [2.24, 2.45) is 11.8 Å². The summed E-state index contributed by atoms with van der Waals surface area (Å²) >= 11 is 5.48. The van der Waals surface area contributed by atoms with E-state index in [4.69, 9.17) is 0 Å². The topological polar surface area (TPSA) is 43.1 Å². The first-order chi connectivity index (χ1) is 8.66. The monoisotopic (exact) mass is 327 g/mol. The highest BCUT2D eigenvalue weighted by Crippen LogP contribution is 2.54. The van der Waals surface area contributed by atoms with Crippen LogP contribution in [-0.4, -0.2) is 15.0 Å². The number of hydrogen-bond acceptors (Lipinski definition) is 3. The lowest BCUT2D eigenvalue weighted by atomic mass is 10.0. The van der Waals surface area contributed by atoms with E-state index in [2.05, 4.69) is 15.9 Å². The third kappa shape index (κ3) is 2.07. The van der Waals surface area contributed by atoms with E-state index in [1.165, 1.54) is 19.3 Å². The highest BCUT2D eigenvalue weighted by Gasteiger charge is 2.47. The lowest BCUT2D eigenvalue weighted by molar-refractivity contribution is -0.387. The Morgan fingerprint density at radius 2 is 2.00 bits per heavy atom. The first-order valence-corrected chi connectivity index (χ1v) is 8.00. The Kier molecular flexibility index (Phi) is 3.36. The van der Waals surface area contributed by atoms with Gasteiger partial charge in [0.05, 0.1) is 9.82 Å². The first-order valence-electron chi connectivity index (χ1n) is 6.21. The number of alkyl halides is 1. The van der Waals surface area contributed by atoms with Gasteiger partial charge in [-0.3, -0.25) is 10.1 Å². The SMILES string of the molecule is O=[N+]([O-])c1ccccc1S[C@H]1[C@H]2CC[C@@H](C2)[C@@H]1Br. The van der Waals surface area contributed by atoms with Crippen LogP contribution < -0.4 is 0 Å². The van der Waals surface area contributed by atoms with Crippen LogP contribution in [0.25, 0.3) is 0 Å². The van der Waals surface area contributed by atoms with Crippen LogP contribution in [0.2, 0.25) is 0 Å². The zero-order chi connectivity index (χ0) is 12.7. The molecule has 0 spiro atoms. The lowest BCUT2D eigenvalue weighted by Crippen LogP contribution is -2.24. The van der Waals surface area contributed by atoms with Crippen molar-refractivity contribution in [3.63, 3.8) is 0 Å². The van der Waals surface area contributed by atoms with Crippen molar-refractivity contribution in [2.75, 3.05) is 0 Å². The van der Waals surface area contributed by atoms with E-state index in [-0.39, 0.29) is 10.6 Å². The number of benzene rings is 1. The van der Waals surface area contributed by atoms with Gasteiger partial charge in [0, 0.05) is 16.1 Å². The molecule has 0 aliphatic heterocycles. The summed E-state index contributed by atoms with van der Waals surface area (Å²) < 4.78 is 0. The van der Waals surface area contributed by atoms with Gasteiger partial charge in [-0.1, -0.05) is 28.1 Å². The summed E-state index contributed by atoms with van der Waals surface area (Å²) in [5.41, 5.74) is 0.241. The van der Waals surface area contributed by atoms with E-state index in [1.54, 1.807) is 23.9 Å². The molecule has 1 aromatic rings. The number of nitrogens with zero attached hydrogens (tertiary/aromatic N) is 1. The summed E-state index contributed by atoms with van der Waals surface area (Å²) in [5, 5.41) is 11.5. The second-order valence-electron chi connectivity index (χ2n) is 5.08. The average molecular weight is 328 g/mol. The standard InChI is InChI=1S/C13H14BrNO2S/c14-12-8-5-6-9(7-8)13(12)18-11-4-2-1-3-10(11)15(16)17/h1-4,8-9,12-13H,5-7H2/t8-,9-,12-,13-/m0/s1. The smallest absolute Gasteiger partial charge is 0.258 e. The molecule has 0 saturated heterocycles. The fourth-order valence-corrected chi connectivity index (χ4v) is 5.93. The highest BCUT2D eigenvalue weighted by atomic mass is 79.9. The highest BCUT2D eigenvalue weighted by molar-refractivity contribution is 9.09. The van der Waals surface area contributed by atoms with Crippen molar-refractivity contribution in [1.29, 1.82) is 0 Å². The van der Waals surface area contributed by atoms with Crippen LogP contribution in [0.15, 0.2) is 29.2 Å². The fourth-order valence-electron chi connectivity index (χ4n) is 3.18. The van der Waals surface area contributed by atoms with Crippen LogP contribution in [0.3, 0.4) is 0 Å². The van der Waals surface area contributed by atoms with Crippen LogP contribution in [0.1, 0.15) is 19.3 Å². The normalized spacial score (nSPS) is 33.8. The molecule has 4 atom stereocenters. The second kappa shape index (κ2) is 4.85. The van der Waals surface area contributed by atoms with Gasteiger partial charge in [-0.05, 0) is 37.2 Å². The zero-order valence-electron chi connectivity index (χ0n) is 9.79.